The average molecular weight is 496 g/mol. The summed E-state index contributed by atoms with van der Waals surface area (Å²) < 4.78 is 7.18. The van der Waals surface area contributed by atoms with Crippen molar-refractivity contribution in [2.24, 2.45) is 0 Å². The Labute approximate surface area is 212 Å². The molecule has 9 heteroatoms. The Morgan fingerprint density at radius 3 is 2.56 bits per heavy atom. The molecule has 0 saturated heterocycles. The van der Waals surface area contributed by atoms with Crippen molar-refractivity contribution in [3.63, 3.8) is 0 Å². The van der Waals surface area contributed by atoms with Gasteiger partial charge in [0.05, 0.1) is 13.2 Å². The van der Waals surface area contributed by atoms with Gasteiger partial charge >= 0.3 is 0 Å². The van der Waals surface area contributed by atoms with Gasteiger partial charge in [0.2, 0.25) is 5.91 Å². The number of carbonyl (C=O) groups excluding carboxylic acids is 3. The molecule has 2 aromatic rings. The molecular formula is C27H37N5O4. The van der Waals surface area contributed by atoms with E-state index in [2.05, 4.69) is 22.7 Å². The van der Waals surface area contributed by atoms with E-state index in [9.17, 15) is 14.4 Å². The van der Waals surface area contributed by atoms with E-state index in [-0.39, 0.29) is 36.0 Å². The molecule has 1 aromatic heterocycles. The van der Waals surface area contributed by atoms with Crippen LogP contribution in [0, 0.1) is 0 Å². The number of benzene rings is 1. The summed E-state index contributed by atoms with van der Waals surface area (Å²) in [4.78, 5) is 41.0. The summed E-state index contributed by atoms with van der Waals surface area (Å²) in [6.45, 7) is 7.36. The van der Waals surface area contributed by atoms with Crippen molar-refractivity contribution in [2.75, 3.05) is 13.2 Å². The Morgan fingerprint density at radius 1 is 1.17 bits per heavy atom. The highest BCUT2D eigenvalue weighted by Gasteiger charge is 2.48. The minimum Gasteiger partial charge on any atom is -0.494 e. The molecule has 36 heavy (non-hydrogen) atoms. The largest absolute Gasteiger partial charge is 0.494 e. The van der Waals surface area contributed by atoms with E-state index in [1.165, 1.54) is 10.7 Å². The maximum atomic E-state index is 13.3. The first-order valence-electron chi connectivity index (χ1n) is 13.1. The number of nitrogens with zero attached hydrogens (tertiary/aromatic N) is 3. The van der Waals surface area contributed by atoms with Gasteiger partial charge < -0.3 is 20.3 Å². The maximum absolute atomic E-state index is 13.3. The Morgan fingerprint density at radius 2 is 1.89 bits per heavy atom. The molecule has 0 bridgehead atoms. The molecule has 1 fully saturated rings. The molecule has 2 aliphatic rings. The molecule has 2 N–H and O–H groups in total. The molecule has 4 rings (SSSR count). The summed E-state index contributed by atoms with van der Waals surface area (Å²) in [7, 11) is 0. The second-order valence-corrected chi connectivity index (χ2v) is 9.88. The van der Waals surface area contributed by atoms with Gasteiger partial charge in [0, 0.05) is 25.2 Å². The van der Waals surface area contributed by atoms with E-state index < -0.39 is 5.54 Å². The number of ether oxygens (including phenoxy) is 1. The van der Waals surface area contributed by atoms with Crippen molar-refractivity contribution < 1.29 is 19.1 Å². The summed E-state index contributed by atoms with van der Waals surface area (Å²) >= 11 is 0. The first-order valence-corrected chi connectivity index (χ1v) is 13.1. The fourth-order valence-corrected chi connectivity index (χ4v) is 4.97. The molecule has 1 aromatic carbocycles. The lowest BCUT2D eigenvalue weighted by atomic mass is 9.94. The Balaban J connectivity index is 1.42. The third kappa shape index (κ3) is 5.39. The SMILES string of the molecule is CCCCOc1ccc(CNC(=O)c2cc3n(n2)C[C@@](C)(C(=O)NC2CCCC2)N(CC)C3=O)cc1. The average Bonchev–Trinajstić information content (AvgIpc) is 3.54. The van der Waals surface area contributed by atoms with Crippen LogP contribution in [0.3, 0.4) is 0 Å². The van der Waals surface area contributed by atoms with Gasteiger partial charge in [-0.1, -0.05) is 38.3 Å². The first-order chi connectivity index (χ1) is 17.4. The third-order valence-corrected chi connectivity index (χ3v) is 7.17. The minimum absolute atomic E-state index is 0.153. The van der Waals surface area contributed by atoms with Crippen LogP contribution in [0.5, 0.6) is 5.75 Å². The molecule has 194 valence electrons. The molecule has 9 nitrogen and oxygen atoms in total. The lowest BCUT2D eigenvalue weighted by Gasteiger charge is -2.43. The van der Waals surface area contributed by atoms with E-state index >= 15 is 0 Å². The van der Waals surface area contributed by atoms with Gasteiger partial charge in [-0.2, -0.15) is 5.10 Å². The fraction of sp³-hybridized carbons (Fsp3) is 0.556. The summed E-state index contributed by atoms with van der Waals surface area (Å²) in [5.41, 5.74) is 0.345. The van der Waals surface area contributed by atoms with Gasteiger partial charge in [0.25, 0.3) is 11.8 Å². The Bertz CT molecular complexity index is 1090. The maximum Gasteiger partial charge on any atom is 0.273 e. The number of aromatic nitrogens is 2. The molecule has 0 spiro atoms. The fourth-order valence-electron chi connectivity index (χ4n) is 4.97. The van der Waals surface area contributed by atoms with Crippen molar-refractivity contribution in [1.29, 1.82) is 0 Å². The first kappa shape index (κ1) is 25.7. The van der Waals surface area contributed by atoms with Crippen LogP contribution in [-0.4, -0.2) is 57.1 Å². The van der Waals surface area contributed by atoms with E-state index in [1.807, 2.05) is 31.2 Å². The van der Waals surface area contributed by atoms with Crippen molar-refractivity contribution in [3.8, 4) is 5.75 Å². The van der Waals surface area contributed by atoms with Gasteiger partial charge in [-0.05, 0) is 50.8 Å². The summed E-state index contributed by atoms with van der Waals surface area (Å²) in [6, 6.07) is 9.28. The van der Waals surface area contributed by atoms with Crippen LogP contribution in [0.25, 0.3) is 0 Å². The molecule has 1 atom stereocenters. The predicted octanol–water partition coefficient (Wildman–Crippen LogP) is 3.29. The highest BCUT2D eigenvalue weighted by molar-refractivity contribution is 6.01. The monoisotopic (exact) mass is 495 g/mol. The molecule has 0 radical (unpaired) electrons. The number of carbonyl (C=O) groups is 3. The van der Waals surface area contributed by atoms with Gasteiger partial charge in [0.1, 0.15) is 17.0 Å². The standard InChI is InChI=1S/C27H37N5O4/c1-4-6-15-36-21-13-11-19(12-14-21)17-28-24(33)22-16-23-25(34)31(5-2)27(3,18-32(23)30-22)26(35)29-20-9-7-8-10-20/h11-14,16,20H,4-10,15,17-18H2,1-3H3,(H,28,33)(H,29,35)/t27-/m0/s1. The van der Waals surface area contributed by atoms with Crippen molar-refractivity contribution >= 4 is 17.7 Å². The van der Waals surface area contributed by atoms with Gasteiger partial charge in [-0.25, -0.2) is 0 Å². The number of rotatable bonds is 10. The van der Waals surface area contributed by atoms with E-state index in [4.69, 9.17) is 4.74 Å². The summed E-state index contributed by atoms with van der Waals surface area (Å²) in [6.07, 6.45) is 6.24. The smallest absolute Gasteiger partial charge is 0.273 e. The Hall–Kier alpha value is -3.36. The molecule has 1 saturated carbocycles. The van der Waals surface area contributed by atoms with Crippen LogP contribution in [0.15, 0.2) is 30.3 Å². The predicted molar refractivity (Wildman–Crippen MR) is 136 cm³/mol. The van der Waals surface area contributed by atoms with Gasteiger partial charge in [-0.3, -0.25) is 19.1 Å². The number of unbranched alkanes of at least 4 members (excludes halogenated alkanes) is 1. The number of hydrogen-bond donors (Lipinski definition) is 2. The molecule has 0 unspecified atom stereocenters. The number of hydrogen-bond acceptors (Lipinski definition) is 5. The number of fused-ring (bicyclic) bond motifs is 1. The molecule has 3 amide bonds. The zero-order valence-corrected chi connectivity index (χ0v) is 21.5. The third-order valence-electron chi connectivity index (χ3n) is 7.17. The molecule has 2 heterocycles. The lowest BCUT2D eigenvalue weighted by molar-refractivity contribution is -0.133. The minimum atomic E-state index is -1.07. The zero-order chi connectivity index (χ0) is 25.7. The quantitative estimate of drug-likeness (QED) is 0.492. The van der Waals surface area contributed by atoms with Crippen molar-refractivity contribution in [3.05, 3.63) is 47.3 Å². The van der Waals surface area contributed by atoms with Crippen LogP contribution in [0.4, 0.5) is 0 Å². The molecule has 1 aliphatic carbocycles. The topological polar surface area (TPSA) is 106 Å². The number of amides is 3. The normalized spacial score (nSPS) is 19.8. The van der Waals surface area contributed by atoms with E-state index in [0.29, 0.717) is 25.4 Å². The van der Waals surface area contributed by atoms with Crippen molar-refractivity contribution in [1.82, 2.24) is 25.3 Å². The second-order valence-electron chi connectivity index (χ2n) is 9.88. The van der Waals surface area contributed by atoms with Crippen LogP contribution in [0.2, 0.25) is 0 Å². The summed E-state index contributed by atoms with van der Waals surface area (Å²) in [5, 5.41) is 10.4. The van der Waals surface area contributed by atoms with Crippen LogP contribution < -0.4 is 15.4 Å². The number of nitrogens with one attached hydrogen (secondary N) is 2. The zero-order valence-electron chi connectivity index (χ0n) is 21.5. The van der Waals surface area contributed by atoms with Crippen LogP contribution in [0.1, 0.15) is 85.8 Å². The highest BCUT2D eigenvalue weighted by atomic mass is 16.5. The van der Waals surface area contributed by atoms with Gasteiger partial charge in [0.15, 0.2) is 5.69 Å². The Kier molecular flexibility index (Phi) is 7.96. The highest BCUT2D eigenvalue weighted by Crippen LogP contribution is 2.28. The van der Waals surface area contributed by atoms with Crippen LogP contribution in [-0.2, 0) is 17.9 Å². The van der Waals surface area contributed by atoms with Crippen LogP contribution >= 0.6 is 0 Å². The molecule has 1 aliphatic heterocycles. The second kappa shape index (κ2) is 11.1. The number of likely N-dealkylation sites (N-methyl/N-ethyl adjacent to an activating group) is 1. The van der Waals surface area contributed by atoms with Crippen molar-refractivity contribution in [2.45, 2.75) is 84.0 Å². The lowest BCUT2D eigenvalue weighted by Crippen LogP contribution is -2.64. The molecular weight excluding hydrogens is 458 g/mol. The van der Waals surface area contributed by atoms with Gasteiger partial charge in [-0.15, -0.1) is 0 Å². The summed E-state index contributed by atoms with van der Waals surface area (Å²) in [5.74, 6) is -0.0238. The van der Waals surface area contributed by atoms with E-state index in [0.717, 1.165) is 49.8 Å². The van der Waals surface area contributed by atoms with E-state index in [1.54, 1.807) is 11.8 Å².